The van der Waals surface area contributed by atoms with Gasteiger partial charge in [0.25, 0.3) is 0 Å². The van der Waals surface area contributed by atoms with Crippen molar-refractivity contribution in [1.29, 1.82) is 0 Å². The Morgan fingerprint density at radius 1 is 1.47 bits per heavy atom. The van der Waals surface area contributed by atoms with Gasteiger partial charge in [0, 0.05) is 24.1 Å². The van der Waals surface area contributed by atoms with Crippen LogP contribution in [0.1, 0.15) is 6.42 Å². The van der Waals surface area contributed by atoms with Crippen molar-refractivity contribution in [2.45, 2.75) is 6.42 Å². The second-order valence-electron chi connectivity index (χ2n) is 4.54. The zero-order valence-electron chi connectivity index (χ0n) is 10.9. The summed E-state index contributed by atoms with van der Waals surface area (Å²) >= 11 is 0. The first-order valence-corrected chi connectivity index (χ1v) is 5.97. The predicted molar refractivity (Wildman–Crippen MR) is 71.4 cm³/mol. The summed E-state index contributed by atoms with van der Waals surface area (Å²) in [5.41, 5.74) is 0.701. The fourth-order valence-electron chi connectivity index (χ4n) is 1.78. The summed E-state index contributed by atoms with van der Waals surface area (Å²) in [7, 11) is 3.94. The first-order chi connectivity index (χ1) is 9.08. The minimum atomic E-state index is -0.437. The maximum absolute atomic E-state index is 11.0. The van der Waals surface area contributed by atoms with Crippen molar-refractivity contribution in [2.24, 2.45) is 0 Å². The number of aromatic amines is 1. The molecule has 1 N–H and O–H groups in total. The molecule has 0 unspecified atom stereocenters. The van der Waals surface area contributed by atoms with Crippen molar-refractivity contribution in [1.82, 2.24) is 15.1 Å². The summed E-state index contributed by atoms with van der Waals surface area (Å²) in [6.07, 6.45) is 2.36. The van der Waals surface area contributed by atoms with Crippen molar-refractivity contribution in [2.75, 3.05) is 27.2 Å². The number of hydrogen-bond acceptors (Lipinski definition) is 5. The number of nitro benzene ring substituents is 1. The van der Waals surface area contributed by atoms with Crippen molar-refractivity contribution in [3.63, 3.8) is 0 Å². The highest BCUT2D eigenvalue weighted by atomic mass is 16.6. The van der Waals surface area contributed by atoms with Gasteiger partial charge in [-0.3, -0.25) is 15.2 Å². The number of nitro groups is 1. The number of aromatic nitrogens is 2. The monoisotopic (exact) mass is 264 g/mol. The third-order valence-electron chi connectivity index (χ3n) is 2.72. The van der Waals surface area contributed by atoms with Crippen LogP contribution in [0.3, 0.4) is 0 Å². The zero-order chi connectivity index (χ0) is 13.8. The lowest BCUT2D eigenvalue weighted by Gasteiger charge is -2.10. The number of nitrogens with one attached hydrogen (secondary N) is 1. The Hall–Kier alpha value is -2.15. The van der Waals surface area contributed by atoms with E-state index in [1.54, 1.807) is 12.3 Å². The van der Waals surface area contributed by atoms with Gasteiger partial charge in [0.2, 0.25) is 0 Å². The van der Waals surface area contributed by atoms with Crippen LogP contribution in [0, 0.1) is 10.1 Å². The average Bonchev–Trinajstić information content (AvgIpc) is 2.80. The first-order valence-electron chi connectivity index (χ1n) is 5.97. The minimum Gasteiger partial charge on any atom is -0.487 e. The Balaban J connectivity index is 2.15. The van der Waals surface area contributed by atoms with Crippen LogP contribution in [0.5, 0.6) is 5.75 Å². The quantitative estimate of drug-likeness (QED) is 0.488. The third kappa shape index (κ3) is 3.19. The fraction of sp³-hybridized carbons (Fsp3) is 0.417. The van der Waals surface area contributed by atoms with Crippen LogP contribution >= 0.6 is 0 Å². The van der Waals surface area contributed by atoms with E-state index >= 15 is 0 Å². The van der Waals surface area contributed by atoms with E-state index in [2.05, 4.69) is 10.2 Å². The molecule has 0 radical (unpaired) electrons. The molecular weight excluding hydrogens is 248 g/mol. The normalized spacial score (nSPS) is 11.1. The molecule has 0 bridgehead atoms. The van der Waals surface area contributed by atoms with Gasteiger partial charge in [0.15, 0.2) is 5.75 Å². The fourth-order valence-corrected chi connectivity index (χ4v) is 1.78. The molecule has 0 saturated carbocycles. The molecule has 0 amide bonds. The smallest absolute Gasteiger partial charge is 0.311 e. The van der Waals surface area contributed by atoms with Crippen molar-refractivity contribution in [3.05, 3.63) is 28.4 Å². The Kier molecular flexibility index (Phi) is 3.96. The molecule has 7 heteroatoms. The second kappa shape index (κ2) is 5.66. The van der Waals surface area contributed by atoms with E-state index < -0.39 is 4.92 Å². The summed E-state index contributed by atoms with van der Waals surface area (Å²) < 4.78 is 5.51. The van der Waals surface area contributed by atoms with Crippen LogP contribution in [-0.4, -0.2) is 47.3 Å². The zero-order valence-corrected chi connectivity index (χ0v) is 10.9. The van der Waals surface area contributed by atoms with Gasteiger partial charge in [0.1, 0.15) is 0 Å². The molecule has 0 aliphatic rings. The largest absolute Gasteiger partial charge is 0.487 e. The molecule has 2 rings (SSSR count). The summed E-state index contributed by atoms with van der Waals surface area (Å²) in [4.78, 5) is 12.6. The topological polar surface area (TPSA) is 84.3 Å². The Morgan fingerprint density at radius 2 is 2.26 bits per heavy atom. The third-order valence-corrected chi connectivity index (χ3v) is 2.72. The van der Waals surface area contributed by atoms with Gasteiger partial charge >= 0.3 is 5.69 Å². The van der Waals surface area contributed by atoms with Crippen molar-refractivity contribution >= 4 is 16.6 Å². The van der Waals surface area contributed by atoms with E-state index in [0.717, 1.165) is 18.5 Å². The van der Waals surface area contributed by atoms with Gasteiger partial charge in [-0.05, 0) is 20.5 Å². The molecule has 7 nitrogen and oxygen atoms in total. The van der Waals surface area contributed by atoms with Crippen LogP contribution in [0.25, 0.3) is 10.9 Å². The molecule has 0 saturated heterocycles. The van der Waals surface area contributed by atoms with E-state index in [4.69, 9.17) is 4.74 Å². The number of fused-ring (bicyclic) bond motifs is 1. The van der Waals surface area contributed by atoms with E-state index in [9.17, 15) is 10.1 Å². The predicted octanol–water partition coefficient (Wildman–Crippen LogP) is 1.80. The molecular formula is C12H16N4O3. The molecule has 1 aromatic carbocycles. The van der Waals surface area contributed by atoms with Crippen LogP contribution in [0.2, 0.25) is 0 Å². The number of H-pyrrole nitrogens is 1. The highest BCUT2D eigenvalue weighted by molar-refractivity contribution is 5.83. The SMILES string of the molecule is CN(C)CCCOc1cc2[nH]ncc2cc1[N+](=O)[O-]. The van der Waals surface area contributed by atoms with Gasteiger partial charge in [-0.25, -0.2) is 0 Å². The van der Waals surface area contributed by atoms with Crippen molar-refractivity contribution in [3.8, 4) is 5.75 Å². The van der Waals surface area contributed by atoms with Gasteiger partial charge in [0.05, 0.1) is 23.2 Å². The molecule has 19 heavy (non-hydrogen) atoms. The molecule has 102 valence electrons. The lowest BCUT2D eigenvalue weighted by atomic mass is 10.2. The van der Waals surface area contributed by atoms with Crippen molar-refractivity contribution < 1.29 is 9.66 Å². The molecule has 0 atom stereocenters. The van der Waals surface area contributed by atoms with E-state index in [0.29, 0.717) is 12.0 Å². The Labute approximate surface area is 110 Å². The van der Waals surface area contributed by atoms with Gasteiger partial charge < -0.3 is 9.64 Å². The number of rotatable bonds is 6. The van der Waals surface area contributed by atoms with Gasteiger partial charge in [-0.15, -0.1) is 0 Å². The van der Waals surface area contributed by atoms with Crippen LogP contribution < -0.4 is 4.74 Å². The average molecular weight is 264 g/mol. The van der Waals surface area contributed by atoms with Gasteiger partial charge in [-0.2, -0.15) is 5.10 Å². The van der Waals surface area contributed by atoms with E-state index in [1.807, 2.05) is 19.0 Å². The molecule has 0 fully saturated rings. The molecule has 2 aromatic rings. The molecule has 0 aliphatic heterocycles. The van der Waals surface area contributed by atoms with E-state index in [1.165, 1.54) is 6.07 Å². The lowest BCUT2D eigenvalue weighted by molar-refractivity contribution is -0.385. The number of benzene rings is 1. The van der Waals surface area contributed by atoms with Crippen LogP contribution in [0.4, 0.5) is 5.69 Å². The van der Waals surface area contributed by atoms with Crippen LogP contribution in [0.15, 0.2) is 18.3 Å². The molecule has 0 spiro atoms. The second-order valence-corrected chi connectivity index (χ2v) is 4.54. The lowest BCUT2D eigenvalue weighted by Crippen LogP contribution is -2.15. The molecule has 0 aliphatic carbocycles. The summed E-state index contributed by atoms with van der Waals surface area (Å²) in [5, 5.41) is 18.3. The number of hydrogen-bond donors (Lipinski definition) is 1. The molecule has 1 aromatic heterocycles. The highest BCUT2D eigenvalue weighted by Gasteiger charge is 2.17. The van der Waals surface area contributed by atoms with Crippen LogP contribution in [-0.2, 0) is 0 Å². The number of ether oxygens (including phenoxy) is 1. The summed E-state index contributed by atoms with van der Waals surface area (Å²) in [5.74, 6) is 0.278. The number of nitrogens with zero attached hydrogens (tertiary/aromatic N) is 3. The van der Waals surface area contributed by atoms with Gasteiger partial charge in [-0.1, -0.05) is 0 Å². The first kappa shape index (κ1) is 13.3. The Bertz CT molecular complexity index is 579. The van der Waals surface area contributed by atoms with E-state index in [-0.39, 0.29) is 11.4 Å². The summed E-state index contributed by atoms with van der Waals surface area (Å²) in [6, 6.07) is 3.09. The maximum Gasteiger partial charge on any atom is 0.311 e. The Morgan fingerprint density at radius 3 is 2.95 bits per heavy atom. The summed E-state index contributed by atoms with van der Waals surface area (Å²) in [6.45, 7) is 1.32. The standard InChI is InChI=1S/C12H16N4O3/c1-15(2)4-3-5-19-12-7-10-9(8-13-14-10)6-11(12)16(17)18/h6-8H,3-5H2,1-2H3,(H,13,14). The molecule has 1 heterocycles. The maximum atomic E-state index is 11.0. The minimum absolute atomic E-state index is 0.0289. The highest BCUT2D eigenvalue weighted by Crippen LogP contribution is 2.31.